The SMILES string of the molecule is [2H]c1ccc2ccccc2c1C(=O)[C@H](O)[C@@H](O)[C@H](O)[C@H](O)C(=O)O. The van der Waals surface area contributed by atoms with Gasteiger partial charge in [0.1, 0.15) is 18.3 Å². The second-order valence-electron chi connectivity index (χ2n) is 5.01. The fourth-order valence-electron chi connectivity index (χ4n) is 2.19. The number of rotatable bonds is 6. The Labute approximate surface area is 132 Å². The summed E-state index contributed by atoms with van der Waals surface area (Å²) in [4.78, 5) is 23.1. The Morgan fingerprint density at radius 1 is 0.913 bits per heavy atom. The Hall–Kier alpha value is -2.32. The maximum absolute atomic E-state index is 12.4. The van der Waals surface area contributed by atoms with Crippen LogP contribution < -0.4 is 0 Å². The van der Waals surface area contributed by atoms with Crippen LogP contribution >= 0.6 is 0 Å². The van der Waals surface area contributed by atoms with E-state index in [1.165, 1.54) is 6.07 Å². The molecule has 0 aliphatic carbocycles. The predicted octanol–water partition coefficient (Wildman–Crippen LogP) is -0.449. The molecule has 0 radical (unpaired) electrons. The fourth-order valence-corrected chi connectivity index (χ4v) is 2.19. The van der Waals surface area contributed by atoms with Crippen molar-refractivity contribution in [3.63, 3.8) is 0 Å². The van der Waals surface area contributed by atoms with Gasteiger partial charge in [0.15, 0.2) is 11.9 Å². The summed E-state index contributed by atoms with van der Waals surface area (Å²) < 4.78 is 7.86. The van der Waals surface area contributed by atoms with E-state index in [1.54, 1.807) is 30.3 Å². The minimum atomic E-state index is -2.37. The minimum absolute atomic E-state index is 0.170. The zero-order valence-corrected chi connectivity index (χ0v) is 11.8. The van der Waals surface area contributed by atoms with E-state index in [4.69, 9.17) is 6.48 Å². The highest BCUT2D eigenvalue weighted by Gasteiger charge is 2.37. The molecule has 4 atom stereocenters. The molecule has 0 aliphatic rings. The van der Waals surface area contributed by atoms with Crippen LogP contribution in [0.3, 0.4) is 0 Å². The Morgan fingerprint density at radius 3 is 2.13 bits per heavy atom. The molecule has 5 N–H and O–H groups in total. The van der Waals surface area contributed by atoms with Crippen molar-refractivity contribution >= 4 is 22.5 Å². The molecule has 0 spiro atoms. The third-order valence-corrected chi connectivity index (χ3v) is 3.49. The average molecular weight is 321 g/mol. The maximum atomic E-state index is 12.4. The van der Waals surface area contributed by atoms with Gasteiger partial charge in [-0.25, -0.2) is 4.79 Å². The summed E-state index contributed by atoms with van der Waals surface area (Å²) in [5.74, 6) is -2.87. The van der Waals surface area contributed by atoms with Crippen LogP contribution in [0.4, 0.5) is 0 Å². The molecule has 2 aromatic carbocycles. The second-order valence-corrected chi connectivity index (χ2v) is 5.01. The molecule has 0 unspecified atom stereocenters. The quantitative estimate of drug-likeness (QED) is 0.455. The van der Waals surface area contributed by atoms with Crippen LogP contribution in [0.2, 0.25) is 0 Å². The molecular formula is C16H16O7. The number of aliphatic hydroxyl groups excluding tert-OH is 4. The van der Waals surface area contributed by atoms with Crippen LogP contribution in [0.5, 0.6) is 0 Å². The summed E-state index contributed by atoms with van der Waals surface area (Å²) in [6.07, 6.45) is -9.08. The topological polar surface area (TPSA) is 135 Å². The fraction of sp³-hybridized carbons (Fsp3) is 0.250. The summed E-state index contributed by atoms with van der Waals surface area (Å²) in [5, 5.41) is 48.2. The maximum Gasteiger partial charge on any atom is 0.335 e. The summed E-state index contributed by atoms with van der Waals surface area (Å²) >= 11 is 0. The van der Waals surface area contributed by atoms with E-state index in [0.717, 1.165) is 0 Å². The first-order chi connectivity index (χ1) is 11.3. The Balaban J connectivity index is 2.38. The third-order valence-electron chi connectivity index (χ3n) is 3.49. The van der Waals surface area contributed by atoms with E-state index in [0.29, 0.717) is 10.8 Å². The first-order valence-corrected chi connectivity index (χ1v) is 6.73. The van der Waals surface area contributed by atoms with Crippen LogP contribution in [-0.4, -0.2) is 61.7 Å². The first-order valence-electron chi connectivity index (χ1n) is 7.23. The number of carbonyl (C=O) groups is 2. The van der Waals surface area contributed by atoms with Gasteiger partial charge in [0.05, 0.1) is 1.37 Å². The van der Waals surface area contributed by atoms with Crippen LogP contribution in [-0.2, 0) is 4.79 Å². The normalized spacial score (nSPS) is 17.1. The molecular weight excluding hydrogens is 304 g/mol. The summed E-state index contributed by atoms with van der Waals surface area (Å²) in [5.41, 5.74) is -0.170. The number of benzene rings is 2. The lowest BCUT2D eigenvalue weighted by Gasteiger charge is -2.24. The van der Waals surface area contributed by atoms with Crippen molar-refractivity contribution in [3.05, 3.63) is 48.0 Å². The molecule has 0 saturated carbocycles. The lowest BCUT2D eigenvalue weighted by Crippen LogP contribution is -2.50. The van der Waals surface area contributed by atoms with Crippen LogP contribution in [0, 0.1) is 0 Å². The number of Topliss-reactive ketones (excluding diaryl/α,β-unsaturated/α-hetero) is 1. The zero-order valence-electron chi connectivity index (χ0n) is 12.8. The van der Waals surface area contributed by atoms with Crippen LogP contribution in [0.15, 0.2) is 42.4 Å². The molecule has 23 heavy (non-hydrogen) atoms. The Kier molecular flexibility index (Phi) is 4.63. The Bertz CT molecular complexity index is 776. The zero-order chi connectivity index (χ0) is 18.0. The molecule has 0 bridgehead atoms. The molecule has 0 heterocycles. The van der Waals surface area contributed by atoms with Gasteiger partial charge < -0.3 is 25.5 Å². The number of carboxylic acid groups (broad SMARTS) is 1. The molecule has 0 saturated heterocycles. The number of carboxylic acids is 1. The van der Waals surface area contributed by atoms with Gasteiger partial charge in [0.25, 0.3) is 0 Å². The number of hydrogen-bond donors (Lipinski definition) is 5. The van der Waals surface area contributed by atoms with E-state index < -0.39 is 36.2 Å². The predicted molar refractivity (Wildman–Crippen MR) is 79.9 cm³/mol. The highest BCUT2D eigenvalue weighted by molar-refractivity contribution is 6.10. The summed E-state index contributed by atoms with van der Waals surface area (Å²) in [7, 11) is 0. The van der Waals surface area contributed by atoms with Crippen LogP contribution in [0.1, 0.15) is 11.7 Å². The van der Waals surface area contributed by atoms with Gasteiger partial charge in [0, 0.05) is 5.56 Å². The Morgan fingerprint density at radius 2 is 1.48 bits per heavy atom. The average Bonchev–Trinajstić information content (AvgIpc) is 2.58. The van der Waals surface area contributed by atoms with Crippen molar-refractivity contribution in [3.8, 4) is 0 Å². The molecule has 0 aliphatic heterocycles. The van der Waals surface area contributed by atoms with Gasteiger partial charge in [0.2, 0.25) is 0 Å². The molecule has 122 valence electrons. The standard InChI is InChI=1S/C16H16O7/c17-11(12(18)13(19)14(20)15(21)16(22)23)10-7-3-5-8-4-1-2-6-9(8)10/h1-7,12-15,18-21H,(H,22,23)/t12-,13+,14-,15-/m0/s1/i7D. The number of carbonyl (C=O) groups excluding carboxylic acids is 1. The van der Waals surface area contributed by atoms with Crippen molar-refractivity contribution in [2.75, 3.05) is 0 Å². The summed E-state index contributed by atoms with van der Waals surface area (Å²) in [6, 6.07) is 9.36. The first kappa shape index (κ1) is 15.6. The summed E-state index contributed by atoms with van der Waals surface area (Å²) in [6.45, 7) is 0. The molecule has 0 aromatic heterocycles. The molecule has 2 rings (SSSR count). The number of hydrogen-bond acceptors (Lipinski definition) is 6. The van der Waals surface area contributed by atoms with Crippen molar-refractivity contribution in [2.45, 2.75) is 24.4 Å². The number of ketones is 1. The van der Waals surface area contributed by atoms with Crippen molar-refractivity contribution in [1.29, 1.82) is 0 Å². The lowest BCUT2D eigenvalue weighted by molar-refractivity contribution is -0.161. The van der Waals surface area contributed by atoms with Crippen molar-refractivity contribution < 1.29 is 36.5 Å². The van der Waals surface area contributed by atoms with Gasteiger partial charge in [-0.15, -0.1) is 0 Å². The number of aliphatic carboxylic acids is 1. The van der Waals surface area contributed by atoms with Gasteiger partial charge >= 0.3 is 5.97 Å². The van der Waals surface area contributed by atoms with Gasteiger partial charge in [-0.2, -0.15) is 0 Å². The van der Waals surface area contributed by atoms with E-state index in [9.17, 15) is 30.0 Å². The highest BCUT2D eigenvalue weighted by Crippen LogP contribution is 2.21. The van der Waals surface area contributed by atoms with E-state index in [-0.39, 0.29) is 11.6 Å². The van der Waals surface area contributed by atoms with Crippen molar-refractivity contribution in [2.24, 2.45) is 0 Å². The van der Waals surface area contributed by atoms with Crippen LogP contribution in [0.25, 0.3) is 10.8 Å². The van der Waals surface area contributed by atoms with Crippen molar-refractivity contribution in [1.82, 2.24) is 0 Å². The highest BCUT2D eigenvalue weighted by atomic mass is 16.4. The monoisotopic (exact) mass is 321 g/mol. The van der Waals surface area contributed by atoms with E-state index >= 15 is 0 Å². The third kappa shape index (κ3) is 3.38. The smallest absolute Gasteiger partial charge is 0.335 e. The molecule has 2 aromatic rings. The van der Waals surface area contributed by atoms with E-state index in [1.807, 2.05) is 0 Å². The largest absolute Gasteiger partial charge is 0.479 e. The van der Waals surface area contributed by atoms with Gasteiger partial charge in [-0.1, -0.05) is 42.4 Å². The second kappa shape index (κ2) is 6.84. The molecule has 7 nitrogen and oxygen atoms in total. The lowest BCUT2D eigenvalue weighted by atomic mass is 9.93. The number of aliphatic hydroxyl groups is 4. The van der Waals surface area contributed by atoms with Gasteiger partial charge in [-0.3, -0.25) is 4.79 Å². The number of fused-ring (bicyclic) bond motifs is 1. The molecule has 0 amide bonds. The minimum Gasteiger partial charge on any atom is -0.479 e. The van der Waals surface area contributed by atoms with Gasteiger partial charge in [-0.05, 0) is 10.8 Å². The van der Waals surface area contributed by atoms with E-state index in [2.05, 4.69) is 0 Å². The molecule has 0 fully saturated rings. The molecule has 7 heteroatoms.